The number of furan rings is 1. The second-order valence-electron chi connectivity index (χ2n) is 28.0. The largest absolute Gasteiger partial charge is 0.455 e. The van der Waals surface area contributed by atoms with Crippen LogP contribution in [0.3, 0.4) is 0 Å². The number of anilines is 6. The molecule has 2 aliphatic rings. The van der Waals surface area contributed by atoms with E-state index in [1.807, 2.05) is 0 Å². The van der Waals surface area contributed by atoms with Crippen molar-refractivity contribution in [2.24, 2.45) is 0 Å². The first-order valence-corrected chi connectivity index (χ1v) is 33.6. The first-order valence-electron chi connectivity index (χ1n) is 33.6. The number of fused-ring (bicyclic) bond motifs is 16. The Hall–Kier alpha value is -11.7. The van der Waals surface area contributed by atoms with Crippen molar-refractivity contribution < 1.29 is 4.42 Å². The van der Waals surface area contributed by atoms with Gasteiger partial charge in [0.05, 0.1) is 27.5 Å². The molecule has 0 fully saturated rings. The van der Waals surface area contributed by atoms with Crippen molar-refractivity contribution in [3.63, 3.8) is 0 Å². The number of nitrogens with zero attached hydrogens (tertiary/aromatic N) is 4. The summed E-state index contributed by atoms with van der Waals surface area (Å²) in [5.74, 6) is 1.73. The van der Waals surface area contributed by atoms with Crippen LogP contribution >= 0.6 is 0 Å². The molecule has 0 aliphatic heterocycles. The summed E-state index contributed by atoms with van der Waals surface area (Å²) in [5.41, 5.74) is 26.2. The molecule has 96 heavy (non-hydrogen) atoms. The Labute approximate surface area is 560 Å². The highest BCUT2D eigenvalue weighted by molar-refractivity contribution is 6.12. The molecule has 0 saturated carbocycles. The Kier molecular flexibility index (Phi) is 12.9. The molecular weight excluding hydrogens is 1170 g/mol. The van der Waals surface area contributed by atoms with E-state index in [1.54, 1.807) is 0 Å². The second kappa shape index (κ2) is 21.7. The van der Waals surface area contributed by atoms with E-state index in [1.165, 1.54) is 71.5 Å². The first-order chi connectivity index (χ1) is 46.9. The zero-order valence-electron chi connectivity index (χ0n) is 54.7. The Morgan fingerprint density at radius 1 is 0.292 bits per heavy atom. The zero-order chi connectivity index (χ0) is 64.6. The van der Waals surface area contributed by atoms with Gasteiger partial charge in [0.15, 0.2) is 0 Å². The van der Waals surface area contributed by atoms with Crippen LogP contribution < -0.4 is 9.80 Å². The van der Waals surface area contributed by atoms with Gasteiger partial charge in [0, 0.05) is 89.3 Å². The summed E-state index contributed by atoms with van der Waals surface area (Å²) < 4.78 is 12.7. The number of benzene rings is 13. The number of hydrogen-bond donors (Lipinski definition) is 0. The van der Waals surface area contributed by atoms with Gasteiger partial charge in [0.2, 0.25) is 0 Å². The SMILES string of the molecule is CC(C)(C)c1ccc(-c2oc(-c3ccc(C(C)(C)C)cc3)c3c2-c2ccccc2C32c3cc(N(c4ccccc4)c4ccc5c6ccccc6n(-c6ccccc6)c5c4)ccc3-c3ccc(N(c4ccccc4)c4ccc5c6ccccc6n(-c6ccccc6)c5c4)cc32)cc1. The van der Waals surface area contributed by atoms with Gasteiger partial charge < -0.3 is 23.4 Å². The van der Waals surface area contributed by atoms with Crippen molar-refractivity contribution in [3.05, 3.63) is 349 Å². The molecule has 0 amide bonds. The van der Waals surface area contributed by atoms with Gasteiger partial charge >= 0.3 is 0 Å². The maximum Gasteiger partial charge on any atom is 0.142 e. The van der Waals surface area contributed by atoms with Crippen LogP contribution in [-0.4, -0.2) is 9.13 Å². The molecule has 3 aromatic heterocycles. The lowest BCUT2D eigenvalue weighted by Crippen LogP contribution is -2.27. The maximum atomic E-state index is 7.82. The summed E-state index contributed by atoms with van der Waals surface area (Å²) >= 11 is 0. The van der Waals surface area contributed by atoms with Crippen molar-refractivity contribution >= 4 is 77.7 Å². The minimum Gasteiger partial charge on any atom is -0.455 e. The average molecular weight is 1240 g/mol. The van der Waals surface area contributed by atoms with Gasteiger partial charge in [-0.15, -0.1) is 0 Å². The third-order valence-electron chi connectivity index (χ3n) is 20.4. The molecule has 0 radical (unpaired) electrons. The van der Waals surface area contributed by atoms with E-state index in [9.17, 15) is 0 Å². The van der Waals surface area contributed by atoms with Crippen molar-refractivity contribution in [1.29, 1.82) is 0 Å². The van der Waals surface area contributed by atoms with Gasteiger partial charge in [-0.2, -0.15) is 0 Å². The quantitative estimate of drug-likeness (QED) is 0.137. The summed E-state index contributed by atoms with van der Waals surface area (Å²) in [7, 11) is 0. The molecule has 2 aliphatic carbocycles. The molecule has 1 spiro atoms. The number of rotatable bonds is 10. The lowest BCUT2D eigenvalue weighted by atomic mass is 9.69. The minimum absolute atomic E-state index is 0.0354. The molecule has 0 N–H and O–H groups in total. The van der Waals surface area contributed by atoms with E-state index in [0.29, 0.717) is 0 Å². The van der Waals surface area contributed by atoms with Crippen LogP contribution in [0.5, 0.6) is 0 Å². The molecular formula is C91H70N4O. The van der Waals surface area contributed by atoms with Gasteiger partial charge in [-0.05, 0) is 165 Å². The maximum absolute atomic E-state index is 7.82. The molecule has 5 heteroatoms. The van der Waals surface area contributed by atoms with Crippen molar-refractivity contribution in [3.8, 4) is 56.3 Å². The van der Waals surface area contributed by atoms with Crippen LogP contribution in [0.4, 0.5) is 34.1 Å². The Morgan fingerprint density at radius 2 is 0.667 bits per heavy atom. The summed E-state index contributed by atoms with van der Waals surface area (Å²) in [6.07, 6.45) is 0. The normalized spacial score (nSPS) is 13.0. The number of aromatic nitrogens is 2. The lowest BCUT2D eigenvalue weighted by Gasteiger charge is -2.33. The fourth-order valence-electron chi connectivity index (χ4n) is 16.0. The molecule has 460 valence electrons. The van der Waals surface area contributed by atoms with Crippen LogP contribution in [0.2, 0.25) is 0 Å². The highest BCUT2D eigenvalue weighted by atomic mass is 16.3. The Bertz CT molecular complexity index is 5460. The van der Waals surface area contributed by atoms with Crippen molar-refractivity contribution in [2.75, 3.05) is 9.80 Å². The fourth-order valence-corrected chi connectivity index (χ4v) is 16.0. The molecule has 18 rings (SSSR count). The van der Waals surface area contributed by atoms with Crippen molar-refractivity contribution in [2.45, 2.75) is 57.8 Å². The van der Waals surface area contributed by atoms with E-state index in [2.05, 4.69) is 376 Å². The highest BCUT2D eigenvalue weighted by Crippen LogP contribution is 2.68. The third kappa shape index (κ3) is 8.76. The van der Waals surface area contributed by atoms with Gasteiger partial charge in [-0.1, -0.05) is 248 Å². The van der Waals surface area contributed by atoms with Gasteiger partial charge in [-0.25, -0.2) is 0 Å². The van der Waals surface area contributed by atoms with E-state index < -0.39 is 5.41 Å². The Balaban J connectivity index is 0.926. The minimum atomic E-state index is -0.911. The molecule has 0 unspecified atom stereocenters. The molecule has 13 aromatic carbocycles. The van der Waals surface area contributed by atoms with Crippen LogP contribution in [0.25, 0.3) is 99.9 Å². The Morgan fingerprint density at radius 3 is 1.12 bits per heavy atom. The summed E-state index contributed by atoms with van der Waals surface area (Å²) in [6.45, 7) is 13.7. The smallest absolute Gasteiger partial charge is 0.142 e. The first kappa shape index (κ1) is 57.0. The van der Waals surface area contributed by atoms with Crippen molar-refractivity contribution in [1.82, 2.24) is 9.13 Å². The van der Waals surface area contributed by atoms with Crippen LogP contribution in [0.15, 0.2) is 320 Å². The molecule has 16 aromatic rings. The average Bonchev–Trinajstić information content (AvgIpc) is 1.49. The van der Waals surface area contributed by atoms with Gasteiger partial charge in [-0.3, -0.25) is 0 Å². The lowest BCUT2D eigenvalue weighted by molar-refractivity contribution is 0.582. The summed E-state index contributed by atoms with van der Waals surface area (Å²) in [6, 6.07) is 117. The topological polar surface area (TPSA) is 29.5 Å². The third-order valence-corrected chi connectivity index (χ3v) is 20.4. The van der Waals surface area contributed by atoms with Gasteiger partial charge in [0.25, 0.3) is 0 Å². The molecule has 5 nitrogen and oxygen atoms in total. The summed E-state index contributed by atoms with van der Waals surface area (Å²) in [5, 5.41) is 4.85. The fraction of sp³-hybridized carbons (Fsp3) is 0.0989. The molecule has 0 bridgehead atoms. The zero-order valence-corrected chi connectivity index (χ0v) is 54.7. The van der Waals surface area contributed by atoms with E-state index in [4.69, 9.17) is 4.42 Å². The second-order valence-corrected chi connectivity index (χ2v) is 28.0. The van der Waals surface area contributed by atoms with E-state index in [0.717, 1.165) is 95.9 Å². The number of hydrogen-bond acceptors (Lipinski definition) is 3. The standard InChI is InChI=1S/C91H70N4O/c1-89(2,3)61-43-39-59(40-44-61)87-85-77-35-19-22-36-78(77)91(86(85)88(96-87)60-41-45-62(46-42-60)90(4,5)6)79-55-67(92(63-25-11-7-12-26-63)69-49-53-75-73-33-20-23-37-81(73)94(83(75)57-69)65-29-15-9-16-30-65)47-51-71(79)72-52-48-68(56-80(72)91)93(64-27-13-8-14-28-64)70-50-54-76-74-34-21-24-38-82(74)95(84(76)58-70)66-31-17-10-18-32-66/h7-58H,1-6H3. The predicted molar refractivity (Wildman–Crippen MR) is 401 cm³/mol. The summed E-state index contributed by atoms with van der Waals surface area (Å²) in [4.78, 5) is 4.92. The van der Waals surface area contributed by atoms with Crippen LogP contribution in [-0.2, 0) is 16.2 Å². The highest BCUT2D eigenvalue weighted by Gasteiger charge is 2.56. The van der Waals surface area contributed by atoms with Gasteiger partial charge in [0.1, 0.15) is 11.5 Å². The van der Waals surface area contributed by atoms with Crippen LogP contribution in [0.1, 0.15) is 74.9 Å². The molecule has 0 saturated heterocycles. The van der Waals surface area contributed by atoms with Crippen LogP contribution in [0, 0.1) is 0 Å². The number of para-hydroxylation sites is 6. The van der Waals surface area contributed by atoms with E-state index >= 15 is 0 Å². The predicted octanol–water partition coefficient (Wildman–Crippen LogP) is 24.7. The molecule has 0 atom stereocenters. The monoisotopic (exact) mass is 1230 g/mol. The molecule has 3 heterocycles. The van der Waals surface area contributed by atoms with E-state index in [-0.39, 0.29) is 10.8 Å².